The highest BCUT2D eigenvalue weighted by atomic mass is 32.2. The van der Waals surface area contributed by atoms with E-state index in [2.05, 4.69) is 10.6 Å². The van der Waals surface area contributed by atoms with Crippen LogP contribution in [0.25, 0.3) is 0 Å². The molecule has 0 bridgehead atoms. The van der Waals surface area contributed by atoms with Gasteiger partial charge in [-0.1, -0.05) is 18.2 Å². The Bertz CT molecular complexity index is 625. The van der Waals surface area contributed by atoms with Crippen LogP contribution in [0.5, 0.6) is 0 Å². The van der Waals surface area contributed by atoms with Crippen molar-refractivity contribution in [1.82, 2.24) is 10.6 Å². The molecular weight excluding hydrogens is 300 g/mol. The molecule has 2 N–H and O–H groups in total. The molecule has 22 heavy (non-hydrogen) atoms. The monoisotopic (exact) mass is 318 g/mol. The van der Waals surface area contributed by atoms with Crippen molar-refractivity contribution < 1.29 is 14.0 Å². The molecule has 1 aromatic carbocycles. The van der Waals surface area contributed by atoms with Crippen LogP contribution in [0.4, 0.5) is 0 Å². The molecule has 0 aliphatic carbocycles. The van der Waals surface area contributed by atoms with E-state index in [4.69, 9.17) is 4.42 Å². The molecule has 0 aliphatic rings. The second-order valence-electron chi connectivity index (χ2n) is 4.51. The maximum atomic E-state index is 12.1. The Kier molecular flexibility index (Phi) is 6.09. The third-order valence-corrected chi connectivity index (χ3v) is 3.93. The topological polar surface area (TPSA) is 71.3 Å². The number of benzene rings is 1. The first-order valence-corrected chi connectivity index (χ1v) is 7.98. The fraction of sp³-hybridized carbons (Fsp3) is 0.250. The lowest BCUT2D eigenvalue weighted by molar-refractivity contribution is -0.120. The summed E-state index contributed by atoms with van der Waals surface area (Å²) >= 11 is 1.62. The van der Waals surface area contributed by atoms with Crippen LogP contribution in [0.2, 0.25) is 0 Å². The Labute approximate surface area is 133 Å². The summed E-state index contributed by atoms with van der Waals surface area (Å²) in [6, 6.07) is 11.7. The molecule has 0 aliphatic heterocycles. The van der Waals surface area contributed by atoms with E-state index in [1.165, 1.54) is 6.26 Å². The van der Waals surface area contributed by atoms with Crippen molar-refractivity contribution >= 4 is 23.6 Å². The van der Waals surface area contributed by atoms with Gasteiger partial charge in [0.2, 0.25) is 5.91 Å². The van der Waals surface area contributed by atoms with Crippen molar-refractivity contribution in [1.29, 1.82) is 0 Å². The largest absolute Gasteiger partial charge is 0.459 e. The lowest BCUT2D eigenvalue weighted by Crippen LogP contribution is -2.36. The van der Waals surface area contributed by atoms with Crippen LogP contribution in [-0.2, 0) is 10.5 Å². The van der Waals surface area contributed by atoms with Gasteiger partial charge in [-0.3, -0.25) is 9.59 Å². The van der Waals surface area contributed by atoms with Gasteiger partial charge in [0.15, 0.2) is 5.76 Å². The highest BCUT2D eigenvalue weighted by Crippen LogP contribution is 2.24. The Hall–Kier alpha value is -2.21. The predicted molar refractivity (Wildman–Crippen MR) is 85.7 cm³/mol. The second kappa shape index (κ2) is 8.29. The van der Waals surface area contributed by atoms with Crippen LogP contribution in [0.1, 0.15) is 23.0 Å². The van der Waals surface area contributed by atoms with E-state index in [-0.39, 0.29) is 24.1 Å². The zero-order valence-electron chi connectivity index (χ0n) is 12.3. The van der Waals surface area contributed by atoms with E-state index >= 15 is 0 Å². The van der Waals surface area contributed by atoms with Gasteiger partial charge < -0.3 is 15.1 Å². The lowest BCUT2D eigenvalue weighted by atomic mass is 10.2. The van der Waals surface area contributed by atoms with E-state index < -0.39 is 0 Å². The first-order chi connectivity index (χ1) is 10.7. The minimum atomic E-state index is -0.375. The molecule has 2 amide bonds. The van der Waals surface area contributed by atoms with E-state index in [1.807, 2.05) is 37.3 Å². The number of furan rings is 1. The summed E-state index contributed by atoms with van der Waals surface area (Å²) in [6.45, 7) is 2.30. The Morgan fingerprint density at radius 1 is 1.14 bits per heavy atom. The van der Waals surface area contributed by atoms with Gasteiger partial charge >= 0.3 is 0 Å². The molecule has 0 spiro atoms. The molecule has 0 fully saturated rings. The van der Waals surface area contributed by atoms with Crippen LogP contribution in [0.15, 0.2) is 52.0 Å². The SMILES string of the molecule is CCNC(=O)CNC(=O)c1occc1CSc1ccccc1. The van der Waals surface area contributed by atoms with Gasteiger partial charge in [0, 0.05) is 22.8 Å². The van der Waals surface area contributed by atoms with Gasteiger partial charge in [0.1, 0.15) is 0 Å². The molecule has 1 heterocycles. The molecule has 0 saturated carbocycles. The molecule has 116 valence electrons. The lowest BCUT2D eigenvalue weighted by Gasteiger charge is -2.05. The highest BCUT2D eigenvalue weighted by molar-refractivity contribution is 7.98. The molecule has 5 nitrogen and oxygen atoms in total. The van der Waals surface area contributed by atoms with Crippen molar-refractivity contribution in [2.75, 3.05) is 13.1 Å². The van der Waals surface area contributed by atoms with E-state index in [1.54, 1.807) is 17.8 Å². The Morgan fingerprint density at radius 3 is 2.64 bits per heavy atom. The number of carbonyl (C=O) groups excluding carboxylic acids is 2. The quantitative estimate of drug-likeness (QED) is 0.769. The van der Waals surface area contributed by atoms with E-state index in [0.29, 0.717) is 12.3 Å². The average Bonchev–Trinajstić information content (AvgIpc) is 3.00. The van der Waals surface area contributed by atoms with Gasteiger partial charge in [-0.05, 0) is 25.1 Å². The normalized spacial score (nSPS) is 10.2. The first kappa shape index (κ1) is 16.2. The summed E-state index contributed by atoms with van der Waals surface area (Å²) in [7, 11) is 0. The summed E-state index contributed by atoms with van der Waals surface area (Å²) in [5.41, 5.74) is 0.808. The van der Waals surface area contributed by atoms with Crippen LogP contribution in [0.3, 0.4) is 0 Å². The average molecular weight is 318 g/mol. The predicted octanol–water partition coefficient (Wildman–Crippen LogP) is 2.44. The molecule has 0 radical (unpaired) electrons. The van der Waals surface area contributed by atoms with Gasteiger partial charge in [-0.2, -0.15) is 0 Å². The van der Waals surface area contributed by atoms with Gasteiger partial charge in [-0.25, -0.2) is 0 Å². The highest BCUT2D eigenvalue weighted by Gasteiger charge is 2.16. The second-order valence-corrected chi connectivity index (χ2v) is 5.56. The number of rotatable bonds is 7. The third kappa shape index (κ3) is 4.66. The smallest absolute Gasteiger partial charge is 0.287 e. The summed E-state index contributed by atoms with van der Waals surface area (Å²) in [5.74, 6) is 0.292. The fourth-order valence-electron chi connectivity index (χ4n) is 1.83. The maximum Gasteiger partial charge on any atom is 0.287 e. The number of carbonyl (C=O) groups is 2. The number of nitrogens with one attached hydrogen (secondary N) is 2. The zero-order valence-corrected chi connectivity index (χ0v) is 13.1. The number of hydrogen-bond donors (Lipinski definition) is 2. The van der Waals surface area contributed by atoms with Crippen molar-refractivity contribution in [3.8, 4) is 0 Å². The van der Waals surface area contributed by atoms with Crippen molar-refractivity contribution in [2.45, 2.75) is 17.6 Å². The molecule has 2 rings (SSSR count). The molecule has 6 heteroatoms. The summed E-state index contributed by atoms with van der Waals surface area (Å²) in [4.78, 5) is 24.5. The minimum absolute atomic E-state index is 0.0569. The Balaban J connectivity index is 1.91. The minimum Gasteiger partial charge on any atom is -0.459 e. The van der Waals surface area contributed by atoms with Gasteiger partial charge in [0.05, 0.1) is 12.8 Å². The van der Waals surface area contributed by atoms with Crippen molar-refractivity contribution in [3.05, 3.63) is 54.0 Å². The van der Waals surface area contributed by atoms with E-state index in [0.717, 1.165) is 10.5 Å². The van der Waals surface area contributed by atoms with Crippen LogP contribution in [-0.4, -0.2) is 24.9 Å². The molecule has 0 unspecified atom stereocenters. The van der Waals surface area contributed by atoms with Crippen LogP contribution < -0.4 is 10.6 Å². The Morgan fingerprint density at radius 2 is 1.91 bits per heavy atom. The van der Waals surface area contributed by atoms with Gasteiger partial charge in [-0.15, -0.1) is 11.8 Å². The zero-order chi connectivity index (χ0) is 15.8. The van der Waals surface area contributed by atoms with Crippen molar-refractivity contribution in [3.63, 3.8) is 0 Å². The maximum absolute atomic E-state index is 12.1. The number of thioether (sulfide) groups is 1. The molecule has 0 atom stereocenters. The molecule has 2 aromatic rings. The fourth-order valence-corrected chi connectivity index (χ4v) is 2.73. The summed E-state index contributed by atoms with van der Waals surface area (Å²) in [5, 5.41) is 5.17. The number of likely N-dealkylation sites (N-methyl/N-ethyl adjacent to an activating group) is 1. The standard InChI is InChI=1S/C16H18N2O3S/c1-2-17-14(19)10-18-16(20)15-12(8-9-21-15)11-22-13-6-4-3-5-7-13/h3-9H,2,10-11H2,1H3,(H,17,19)(H,18,20). The summed E-state index contributed by atoms with van der Waals surface area (Å²) in [6.07, 6.45) is 1.49. The number of hydrogen-bond acceptors (Lipinski definition) is 4. The van der Waals surface area contributed by atoms with Crippen molar-refractivity contribution in [2.24, 2.45) is 0 Å². The molecule has 1 aromatic heterocycles. The van der Waals surface area contributed by atoms with Crippen LogP contribution in [0, 0.1) is 0 Å². The molecule has 0 saturated heterocycles. The van der Waals surface area contributed by atoms with Crippen LogP contribution >= 0.6 is 11.8 Å². The summed E-state index contributed by atoms with van der Waals surface area (Å²) < 4.78 is 5.25. The number of amides is 2. The first-order valence-electron chi connectivity index (χ1n) is 6.99. The van der Waals surface area contributed by atoms with Gasteiger partial charge in [0.25, 0.3) is 5.91 Å². The molecular formula is C16H18N2O3S. The van der Waals surface area contributed by atoms with E-state index in [9.17, 15) is 9.59 Å². The third-order valence-electron chi connectivity index (χ3n) is 2.87.